The number of amides is 1. The minimum absolute atomic E-state index is 0.0302. The van der Waals surface area contributed by atoms with Gasteiger partial charge >= 0.3 is 0 Å². The van der Waals surface area contributed by atoms with Gasteiger partial charge in [-0.3, -0.25) is 9.59 Å². The van der Waals surface area contributed by atoms with Gasteiger partial charge in [0.05, 0.1) is 23.8 Å². The number of rotatable bonds is 6. The fraction of sp³-hybridized carbons (Fsp3) is 0.400. The van der Waals surface area contributed by atoms with E-state index in [1.165, 1.54) is 16.4 Å². The topological polar surface area (TPSA) is 134 Å². The molecule has 1 aliphatic heterocycles. The number of nitrogens with one attached hydrogen (secondary N) is 1. The average molecular weight is 446 g/mol. The summed E-state index contributed by atoms with van der Waals surface area (Å²) in [5.74, 6) is -0.452. The van der Waals surface area contributed by atoms with E-state index in [1.807, 2.05) is 6.07 Å². The van der Waals surface area contributed by atoms with Crippen molar-refractivity contribution in [3.8, 4) is 6.07 Å². The van der Waals surface area contributed by atoms with E-state index in [0.717, 1.165) is 4.68 Å². The molecule has 0 bridgehead atoms. The van der Waals surface area contributed by atoms with Crippen LogP contribution in [0.1, 0.15) is 22.4 Å². The van der Waals surface area contributed by atoms with E-state index >= 15 is 0 Å². The van der Waals surface area contributed by atoms with Crippen LogP contribution in [0.5, 0.6) is 0 Å². The summed E-state index contributed by atoms with van der Waals surface area (Å²) in [5, 5.41) is 15.9. The van der Waals surface area contributed by atoms with E-state index in [1.54, 1.807) is 26.0 Å². The maximum absolute atomic E-state index is 12.6. The molecule has 0 radical (unpaired) electrons. The van der Waals surface area contributed by atoms with Crippen molar-refractivity contribution in [1.29, 1.82) is 5.26 Å². The molecule has 2 aromatic rings. The van der Waals surface area contributed by atoms with E-state index in [4.69, 9.17) is 10.00 Å². The molecule has 1 saturated heterocycles. The first kappa shape index (κ1) is 22.6. The van der Waals surface area contributed by atoms with Gasteiger partial charge in [-0.25, -0.2) is 13.1 Å². The standard InChI is InChI=1S/C20H23N5O5S/c1-14-15(2)23-25(20(27)18(14)11-21)13-19(26)22-12-16-3-5-17(6-4-16)31(28,29)24-7-9-30-10-8-24/h3-6H,7-10,12-13H2,1-2H3,(H,22,26). The highest BCUT2D eigenvalue weighted by Gasteiger charge is 2.26. The molecule has 0 atom stereocenters. The third-order valence-corrected chi connectivity index (χ3v) is 6.98. The Morgan fingerprint density at radius 2 is 1.87 bits per heavy atom. The quantitative estimate of drug-likeness (QED) is 0.665. The number of ether oxygens (including phenoxy) is 1. The summed E-state index contributed by atoms with van der Waals surface area (Å²) in [7, 11) is -3.58. The third kappa shape index (κ3) is 4.99. The van der Waals surface area contributed by atoms with Crippen LogP contribution in [0.25, 0.3) is 0 Å². The molecule has 10 nitrogen and oxygen atoms in total. The number of aromatic nitrogens is 2. The number of hydrogen-bond donors (Lipinski definition) is 1. The largest absolute Gasteiger partial charge is 0.379 e. The number of sulfonamides is 1. The second-order valence-corrected chi connectivity index (χ2v) is 9.04. The van der Waals surface area contributed by atoms with Crippen LogP contribution in [0.15, 0.2) is 34.0 Å². The molecule has 31 heavy (non-hydrogen) atoms. The van der Waals surface area contributed by atoms with Gasteiger partial charge in [-0.15, -0.1) is 0 Å². The van der Waals surface area contributed by atoms with Gasteiger partial charge < -0.3 is 10.1 Å². The lowest BCUT2D eigenvalue weighted by atomic mass is 10.1. The van der Waals surface area contributed by atoms with E-state index in [9.17, 15) is 18.0 Å². The van der Waals surface area contributed by atoms with Crippen LogP contribution in [0.2, 0.25) is 0 Å². The molecule has 1 amide bonds. The summed E-state index contributed by atoms with van der Waals surface area (Å²) in [6.07, 6.45) is 0. The molecule has 1 N–H and O–H groups in total. The Hall–Kier alpha value is -3.07. The van der Waals surface area contributed by atoms with Crippen LogP contribution in [0.3, 0.4) is 0 Å². The Bertz CT molecular complexity index is 1180. The molecule has 11 heteroatoms. The Balaban J connectivity index is 1.63. The van der Waals surface area contributed by atoms with Crippen molar-refractivity contribution in [2.24, 2.45) is 0 Å². The summed E-state index contributed by atoms with van der Waals surface area (Å²) in [6, 6.07) is 8.11. The summed E-state index contributed by atoms with van der Waals surface area (Å²) in [5.41, 5.74) is 1.06. The molecule has 1 aromatic carbocycles. The van der Waals surface area contributed by atoms with Crippen molar-refractivity contribution in [1.82, 2.24) is 19.4 Å². The number of hydrogen-bond acceptors (Lipinski definition) is 7. The Labute approximate surface area is 180 Å². The van der Waals surface area contributed by atoms with E-state index in [0.29, 0.717) is 43.1 Å². The summed E-state index contributed by atoms with van der Waals surface area (Å²) in [6.45, 7) is 4.51. The first-order chi connectivity index (χ1) is 14.7. The van der Waals surface area contributed by atoms with Gasteiger partial charge in [0, 0.05) is 19.6 Å². The highest BCUT2D eigenvalue weighted by Crippen LogP contribution is 2.17. The fourth-order valence-corrected chi connectivity index (χ4v) is 4.53. The molecule has 1 aliphatic rings. The third-order valence-electron chi connectivity index (χ3n) is 5.06. The van der Waals surface area contributed by atoms with Gasteiger partial charge in [0.2, 0.25) is 15.9 Å². The lowest BCUT2D eigenvalue weighted by Gasteiger charge is -2.26. The first-order valence-corrected chi connectivity index (χ1v) is 11.1. The SMILES string of the molecule is Cc1nn(CC(=O)NCc2ccc(S(=O)(=O)N3CCOCC3)cc2)c(=O)c(C#N)c1C. The second-order valence-electron chi connectivity index (χ2n) is 7.10. The fourth-order valence-electron chi connectivity index (χ4n) is 3.12. The number of aryl methyl sites for hydroxylation is 1. The van der Waals surface area contributed by atoms with Crippen LogP contribution < -0.4 is 10.9 Å². The predicted molar refractivity (Wildman–Crippen MR) is 111 cm³/mol. The van der Waals surface area contributed by atoms with Gasteiger partial charge in [-0.1, -0.05) is 12.1 Å². The van der Waals surface area contributed by atoms with Crippen molar-refractivity contribution >= 4 is 15.9 Å². The molecule has 2 heterocycles. The number of nitriles is 1. The number of carbonyl (C=O) groups is 1. The number of morpholine rings is 1. The zero-order valence-corrected chi connectivity index (χ0v) is 18.1. The van der Waals surface area contributed by atoms with E-state index < -0.39 is 21.5 Å². The van der Waals surface area contributed by atoms with Crippen molar-refractivity contribution in [2.45, 2.75) is 31.8 Å². The van der Waals surface area contributed by atoms with Gasteiger partial charge in [-0.2, -0.15) is 14.7 Å². The van der Waals surface area contributed by atoms with E-state index in [2.05, 4.69) is 10.4 Å². The van der Waals surface area contributed by atoms with Crippen LogP contribution >= 0.6 is 0 Å². The molecule has 1 aromatic heterocycles. The van der Waals surface area contributed by atoms with Crippen LogP contribution in [-0.2, 0) is 32.6 Å². The van der Waals surface area contributed by atoms with E-state index in [-0.39, 0.29) is 23.5 Å². The maximum atomic E-state index is 12.6. The van der Waals surface area contributed by atoms with Crippen molar-refractivity contribution in [3.05, 3.63) is 57.0 Å². The number of nitrogens with zero attached hydrogens (tertiary/aromatic N) is 4. The summed E-state index contributed by atoms with van der Waals surface area (Å²) < 4.78 is 32.8. The monoisotopic (exact) mass is 445 g/mol. The maximum Gasteiger partial charge on any atom is 0.285 e. The Kier molecular flexibility index (Phi) is 6.84. The highest BCUT2D eigenvalue weighted by molar-refractivity contribution is 7.89. The predicted octanol–water partition coefficient (Wildman–Crippen LogP) is 0.0691. The van der Waals surface area contributed by atoms with Crippen molar-refractivity contribution in [3.63, 3.8) is 0 Å². The molecule has 1 fully saturated rings. The number of benzene rings is 1. The van der Waals surface area contributed by atoms with Crippen LogP contribution in [0, 0.1) is 25.2 Å². The Morgan fingerprint density at radius 1 is 1.23 bits per heavy atom. The minimum Gasteiger partial charge on any atom is -0.379 e. The number of carbonyl (C=O) groups excluding carboxylic acids is 1. The molecule has 164 valence electrons. The molecular formula is C20H23N5O5S. The first-order valence-electron chi connectivity index (χ1n) is 9.66. The molecule has 0 spiro atoms. The molecule has 3 rings (SSSR count). The molecule has 0 unspecified atom stereocenters. The summed E-state index contributed by atoms with van der Waals surface area (Å²) in [4.78, 5) is 24.7. The highest BCUT2D eigenvalue weighted by atomic mass is 32.2. The lowest BCUT2D eigenvalue weighted by Crippen LogP contribution is -2.40. The zero-order chi connectivity index (χ0) is 22.6. The zero-order valence-electron chi connectivity index (χ0n) is 17.3. The second kappa shape index (κ2) is 9.38. The Morgan fingerprint density at radius 3 is 2.48 bits per heavy atom. The van der Waals surface area contributed by atoms with Crippen molar-refractivity contribution < 1.29 is 17.9 Å². The van der Waals surface area contributed by atoms with Crippen LogP contribution in [0.4, 0.5) is 0 Å². The van der Waals surface area contributed by atoms with Crippen LogP contribution in [-0.4, -0.2) is 54.7 Å². The average Bonchev–Trinajstić information content (AvgIpc) is 2.77. The lowest BCUT2D eigenvalue weighted by molar-refractivity contribution is -0.122. The summed E-state index contributed by atoms with van der Waals surface area (Å²) >= 11 is 0. The normalized spacial score (nSPS) is 14.7. The smallest absolute Gasteiger partial charge is 0.285 e. The minimum atomic E-state index is -3.58. The molecule has 0 aliphatic carbocycles. The molecular weight excluding hydrogens is 422 g/mol. The van der Waals surface area contributed by atoms with Gasteiger partial charge in [0.25, 0.3) is 5.56 Å². The van der Waals surface area contributed by atoms with Crippen molar-refractivity contribution in [2.75, 3.05) is 26.3 Å². The van der Waals surface area contributed by atoms with Gasteiger partial charge in [0.15, 0.2) is 0 Å². The van der Waals surface area contributed by atoms with Gasteiger partial charge in [0.1, 0.15) is 18.2 Å². The molecule has 0 saturated carbocycles. The van der Waals surface area contributed by atoms with Gasteiger partial charge in [-0.05, 0) is 37.1 Å².